The van der Waals surface area contributed by atoms with Gasteiger partial charge in [0.2, 0.25) is 0 Å². The zero-order valence-corrected chi connectivity index (χ0v) is 12.8. The number of piperidine rings is 2. The molecule has 0 radical (unpaired) electrons. The lowest BCUT2D eigenvalue weighted by molar-refractivity contribution is 0.0581. The molecule has 2 saturated heterocycles. The summed E-state index contributed by atoms with van der Waals surface area (Å²) >= 11 is 0. The van der Waals surface area contributed by atoms with Crippen LogP contribution in [-0.4, -0.2) is 57.7 Å². The SMILES string of the molecule is Cn1ncc(N)c1C(=O)N1CCC(N2CCCCC2)CC1. The number of aryl methyl sites for hydroxylation is 1. The van der Waals surface area contributed by atoms with Crippen LogP contribution in [0.5, 0.6) is 0 Å². The lowest BCUT2D eigenvalue weighted by Gasteiger charge is -2.40. The number of hydrogen-bond acceptors (Lipinski definition) is 4. The topological polar surface area (TPSA) is 67.4 Å². The summed E-state index contributed by atoms with van der Waals surface area (Å²) in [6.07, 6.45) is 7.71. The van der Waals surface area contributed by atoms with Crippen molar-refractivity contribution in [1.29, 1.82) is 0 Å². The smallest absolute Gasteiger partial charge is 0.274 e. The third kappa shape index (κ3) is 2.90. The standard InChI is InChI=1S/C15H25N5O/c1-18-14(13(16)11-17-18)15(21)20-9-5-12(6-10-20)19-7-3-2-4-8-19/h11-12H,2-10,16H2,1H3. The maximum absolute atomic E-state index is 12.6. The summed E-state index contributed by atoms with van der Waals surface area (Å²) in [4.78, 5) is 17.1. The number of rotatable bonds is 2. The van der Waals surface area contributed by atoms with Crippen molar-refractivity contribution in [1.82, 2.24) is 19.6 Å². The molecule has 0 atom stereocenters. The number of nitrogens with two attached hydrogens (primary N) is 1. The summed E-state index contributed by atoms with van der Waals surface area (Å²) in [7, 11) is 1.77. The van der Waals surface area contributed by atoms with Crippen molar-refractivity contribution >= 4 is 11.6 Å². The van der Waals surface area contributed by atoms with Crippen molar-refractivity contribution in [3.63, 3.8) is 0 Å². The Hall–Kier alpha value is -1.56. The van der Waals surface area contributed by atoms with E-state index < -0.39 is 0 Å². The first-order chi connectivity index (χ1) is 10.2. The van der Waals surface area contributed by atoms with E-state index in [9.17, 15) is 4.79 Å². The quantitative estimate of drug-likeness (QED) is 0.886. The highest BCUT2D eigenvalue weighted by Crippen LogP contribution is 2.22. The fourth-order valence-corrected chi connectivity index (χ4v) is 3.58. The van der Waals surface area contributed by atoms with Crippen LogP contribution >= 0.6 is 0 Å². The molecule has 2 aliphatic heterocycles. The van der Waals surface area contributed by atoms with E-state index in [4.69, 9.17) is 5.73 Å². The summed E-state index contributed by atoms with van der Waals surface area (Å²) in [5.41, 5.74) is 6.85. The molecular weight excluding hydrogens is 266 g/mol. The van der Waals surface area contributed by atoms with Crippen molar-refractivity contribution in [2.45, 2.75) is 38.1 Å². The van der Waals surface area contributed by atoms with Crippen LogP contribution in [0, 0.1) is 0 Å². The molecule has 6 nitrogen and oxygen atoms in total. The van der Waals surface area contributed by atoms with Crippen LogP contribution < -0.4 is 5.73 Å². The highest BCUT2D eigenvalue weighted by Gasteiger charge is 2.29. The van der Waals surface area contributed by atoms with Gasteiger partial charge in [0.25, 0.3) is 5.91 Å². The van der Waals surface area contributed by atoms with Crippen LogP contribution in [0.3, 0.4) is 0 Å². The molecule has 0 saturated carbocycles. The molecule has 0 aliphatic carbocycles. The summed E-state index contributed by atoms with van der Waals surface area (Å²) < 4.78 is 1.58. The minimum absolute atomic E-state index is 0.0181. The maximum atomic E-state index is 12.6. The Bertz CT molecular complexity index is 479. The number of anilines is 1. The van der Waals surface area contributed by atoms with Gasteiger partial charge in [-0.2, -0.15) is 5.10 Å². The minimum atomic E-state index is 0.0181. The van der Waals surface area contributed by atoms with E-state index in [0.29, 0.717) is 17.4 Å². The van der Waals surface area contributed by atoms with Gasteiger partial charge in [-0.25, -0.2) is 0 Å². The number of aromatic nitrogens is 2. The van der Waals surface area contributed by atoms with Gasteiger partial charge in [-0.05, 0) is 38.8 Å². The van der Waals surface area contributed by atoms with E-state index in [2.05, 4.69) is 10.00 Å². The van der Waals surface area contributed by atoms with E-state index in [1.54, 1.807) is 17.9 Å². The molecule has 3 heterocycles. The first-order valence-corrected chi connectivity index (χ1v) is 7.97. The van der Waals surface area contributed by atoms with Crippen LogP contribution in [-0.2, 0) is 7.05 Å². The molecule has 1 aromatic rings. The van der Waals surface area contributed by atoms with E-state index in [0.717, 1.165) is 25.9 Å². The highest BCUT2D eigenvalue weighted by molar-refractivity contribution is 5.97. The van der Waals surface area contributed by atoms with Gasteiger partial charge in [-0.15, -0.1) is 0 Å². The molecule has 0 spiro atoms. The third-order valence-corrected chi connectivity index (χ3v) is 4.83. The average molecular weight is 291 g/mol. The molecule has 0 bridgehead atoms. The Labute approximate surface area is 125 Å². The largest absolute Gasteiger partial charge is 0.396 e. The van der Waals surface area contributed by atoms with Crippen molar-refractivity contribution < 1.29 is 4.79 Å². The van der Waals surface area contributed by atoms with Gasteiger partial charge in [0.15, 0.2) is 0 Å². The first kappa shape index (κ1) is 14.4. The molecule has 0 aromatic carbocycles. The zero-order valence-electron chi connectivity index (χ0n) is 12.8. The number of likely N-dealkylation sites (tertiary alicyclic amines) is 2. The average Bonchev–Trinajstić information content (AvgIpc) is 2.87. The fourth-order valence-electron chi connectivity index (χ4n) is 3.58. The van der Waals surface area contributed by atoms with Gasteiger partial charge in [-0.1, -0.05) is 6.42 Å². The van der Waals surface area contributed by atoms with Crippen LogP contribution in [0.15, 0.2) is 6.20 Å². The molecule has 21 heavy (non-hydrogen) atoms. The number of nitrogen functional groups attached to an aromatic ring is 1. The lowest BCUT2D eigenvalue weighted by Crippen LogP contribution is -2.48. The Morgan fingerprint density at radius 1 is 1.19 bits per heavy atom. The molecule has 6 heteroatoms. The molecule has 2 N–H and O–H groups in total. The van der Waals surface area contributed by atoms with Crippen LogP contribution in [0.2, 0.25) is 0 Å². The predicted octanol–water partition coefficient (Wildman–Crippen LogP) is 1.09. The summed E-state index contributed by atoms with van der Waals surface area (Å²) in [6.45, 7) is 4.11. The zero-order chi connectivity index (χ0) is 14.8. The van der Waals surface area contributed by atoms with Crippen LogP contribution in [0.25, 0.3) is 0 Å². The van der Waals surface area contributed by atoms with Crippen molar-refractivity contribution in [2.24, 2.45) is 7.05 Å². The second kappa shape index (κ2) is 6.05. The van der Waals surface area contributed by atoms with Crippen molar-refractivity contribution in [3.8, 4) is 0 Å². The predicted molar refractivity (Wildman–Crippen MR) is 82.0 cm³/mol. The van der Waals surface area contributed by atoms with Gasteiger partial charge in [0, 0.05) is 26.2 Å². The molecule has 3 rings (SSSR count). The summed E-state index contributed by atoms with van der Waals surface area (Å²) in [5, 5.41) is 4.06. The Balaban J connectivity index is 1.59. The Morgan fingerprint density at radius 3 is 2.43 bits per heavy atom. The van der Waals surface area contributed by atoms with Crippen LogP contribution in [0.1, 0.15) is 42.6 Å². The van der Waals surface area contributed by atoms with Crippen LogP contribution in [0.4, 0.5) is 5.69 Å². The monoisotopic (exact) mass is 291 g/mol. The molecule has 2 fully saturated rings. The number of carbonyl (C=O) groups is 1. The molecular formula is C15H25N5O. The van der Waals surface area contributed by atoms with E-state index in [-0.39, 0.29) is 5.91 Å². The van der Waals surface area contributed by atoms with Crippen molar-refractivity contribution in [3.05, 3.63) is 11.9 Å². The van der Waals surface area contributed by atoms with Crippen molar-refractivity contribution in [2.75, 3.05) is 31.9 Å². The normalized spacial score (nSPS) is 21.7. The lowest BCUT2D eigenvalue weighted by atomic mass is 9.99. The summed E-state index contributed by atoms with van der Waals surface area (Å²) in [5.74, 6) is 0.0181. The van der Waals surface area contributed by atoms with Gasteiger partial charge in [0.1, 0.15) is 5.69 Å². The molecule has 0 unspecified atom stereocenters. The maximum Gasteiger partial charge on any atom is 0.274 e. The van der Waals surface area contributed by atoms with Gasteiger partial charge >= 0.3 is 0 Å². The minimum Gasteiger partial charge on any atom is -0.396 e. The van der Waals surface area contributed by atoms with E-state index in [1.165, 1.54) is 32.4 Å². The Kier molecular flexibility index (Phi) is 4.14. The van der Waals surface area contributed by atoms with Gasteiger partial charge < -0.3 is 15.5 Å². The van der Waals surface area contributed by atoms with E-state index in [1.807, 2.05) is 4.90 Å². The molecule has 1 aromatic heterocycles. The first-order valence-electron chi connectivity index (χ1n) is 7.97. The number of hydrogen-bond donors (Lipinski definition) is 1. The molecule has 2 aliphatic rings. The van der Waals surface area contributed by atoms with Gasteiger partial charge in [-0.3, -0.25) is 9.48 Å². The second-order valence-corrected chi connectivity index (χ2v) is 6.19. The summed E-state index contributed by atoms with van der Waals surface area (Å²) in [6, 6.07) is 0.651. The highest BCUT2D eigenvalue weighted by atomic mass is 16.2. The third-order valence-electron chi connectivity index (χ3n) is 4.83. The number of carbonyl (C=O) groups excluding carboxylic acids is 1. The second-order valence-electron chi connectivity index (χ2n) is 6.19. The van der Waals surface area contributed by atoms with E-state index >= 15 is 0 Å². The molecule has 116 valence electrons. The molecule has 1 amide bonds. The fraction of sp³-hybridized carbons (Fsp3) is 0.733. The number of amides is 1. The van der Waals surface area contributed by atoms with Gasteiger partial charge in [0.05, 0.1) is 11.9 Å². The number of nitrogens with zero attached hydrogens (tertiary/aromatic N) is 4. The Morgan fingerprint density at radius 2 is 1.86 bits per heavy atom.